The minimum Gasteiger partial charge on any atom is -0.339 e. The van der Waals surface area contributed by atoms with Crippen molar-refractivity contribution in [3.8, 4) is 0 Å². The molecule has 0 aromatic rings. The molecule has 1 aliphatic heterocycles. The van der Waals surface area contributed by atoms with Crippen molar-refractivity contribution < 1.29 is 4.79 Å². The lowest BCUT2D eigenvalue weighted by Gasteiger charge is -2.37. The summed E-state index contributed by atoms with van der Waals surface area (Å²) < 4.78 is 0. The van der Waals surface area contributed by atoms with Gasteiger partial charge in [0.2, 0.25) is 5.91 Å². The van der Waals surface area contributed by atoms with Crippen LogP contribution in [0.1, 0.15) is 52.4 Å². The van der Waals surface area contributed by atoms with Crippen LogP contribution in [0.2, 0.25) is 0 Å². The van der Waals surface area contributed by atoms with E-state index in [0.717, 1.165) is 45.3 Å². The van der Waals surface area contributed by atoms with Gasteiger partial charge < -0.3 is 10.2 Å². The Labute approximate surface area is 111 Å². The maximum atomic E-state index is 12.8. The first-order chi connectivity index (χ1) is 8.74. The van der Waals surface area contributed by atoms with Gasteiger partial charge in [-0.1, -0.05) is 20.3 Å². The third kappa shape index (κ3) is 3.05. The topological polar surface area (TPSA) is 32.3 Å². The van der Waals surface area contributed by atoms with Gasteiger partial charge in [-0.2, -0.15) is 0 Å². The Morgan fingerprint density at radius 3 is 2.50 bits per heavy atom. The van der Waals surface area contributed by atoms with Crippen molar-refractivity contribution in [1.82, 2.24) is 10.2 Å². The number of amides is 1. The van der Waals surface area contributed by atoms with E-state index in [9.17, 15) is 4.79 Å². The fourth-order valence-corrected chi connectivity index (χ4v) is 3.56. The summed E-state index contributed by atoms with van der Waals surface area (Å²) in [5.41, 5.74) is 0. The summed E-state index contributed by atoms with van der Waals surface area (Å²) in [5.74, 6) is 1.36. The number of carbonyl (C=O) groups excluding carboxylic acids is 1. The van der Waals surface area contributed by atoms with E-state index in [1.54, 1.807) is 0 Å². The maximum absolute atomic E-state index is 12.8. The van der Waals surface area contributed by atoms with Crippen molar-refractivity contribution in [2.24, 2.45) is 11.8 Å². The highest BCUT2D eigenvalue weighted by Gasteiger charge is 2.35. The highest BCUT2D eigenvalue weighted by atomic mass is 16.2. The molecule has 2 atom stereocenters. The van der Waals surface area contributed by atoms with Gasteiger partial charge in [0, 0.05) is 18.5 Å². The van der Waals surface area contributed by atoms with E-state index < -0.39 is 0 Å². The van der Waals surface area contributed by atoms with Gasteiger partial charge in [-0.05, 0) is 51.1 Å². The molecule has 2 aliphatic rings. The van der Waals surface area contributed by atoms with Crippen LogP contribution >= 0.6 is 0 Å². The number of hydrogen-bond acceptors (Lipinski definition) is 2. The van der Waals surface area contributed by atoms with Gasteiger partial charge >= 0.3 is 0 Å². The van der Waals surface area contributed by atoms with Crippen LogP contribution in [0.5, 0.6) is 0 Å². The normalized spacial score (nSPS) is 29.4. The van der Waals surface area contributed by atoms with Gasteiger partial charge in [0.15, 0.2) is 0 Å². The molecule has 18 heavy (non-hydrogen) atoms. The predicted molar refractivity (Wildman–Crippen MR) is 74.4 cm³/mol. The number of nitrogens with one attached hydrogen (secondary N) is 1. The number of carbonyl (C=O) groups is 1. The summed E-state index contributed by atoms with van der Waals surface area (Å²) in [6.45, 7) is 7.52. The monoisotopic (exact) mass is 252 g/mol. The fraction of sp³-hybridized carbons (Fsp3) is 0.933. The van der Waals surface area contributed by atoms with Crippen molar-refractivity contribution in [1.29, 1.82) is 0 Å². The fourth-order valence-electron chi connectivity index (χ4n) is 3.56. The zero-order chi connectivity index (χ0) is 13.0. The Morgan fingerprint density at radius 1 is 1.22 bits per heavy atom. The van der Waals surface area contributed by atoms with Gasteiger partial charge in [-0.3, -0.25) is 4.79 Å². The number of nitrogens with zero attached hydrogens (tertiary/aromatic N) is 1. The van der Waals surface area contributed by atoms with E-state index in [4.69, 9.17) is 0 Å². The smallest absolute Gasteiger partial charge is 0.226 e. The standard InChI is InChI=1S/C15H28N2O/c1-3-11-17(13-7-9-16-10-8-13)15(18)14-6-4-5-12(14)2/h12-14,16H,3-11H2,1-2H3. The molecule has 2 unspecified atom stereocenters. The van der Waals surface area contributed by atoms with E-state index >= 15 is 0 Å². The molecule has 3 nitrogen and oxygen atoms in total. The second-order valence-electron chi connectivity index (χ2n) is 6.03. The minimum atomic E-state index is 0.312. The third-order valence-electron chi connectivity index (χ3n) is 4.68. The zero-order valence-electron chi connectivity index (χ0n) is 12.0. The highest BCUT2D eigenvalue weighted by molar-refractivity contribution is 5.79. The summed E-state index contributed by atoms with van der Waals surface area (Å²) in [6.07, 6.45) is 6.94. The van der Waals surface area contributed by atoms with E-state index in [-0.39, 0.29) is 0 Å². The first-order valence-corrected chi connectivity index (χ1v) is 7.75. The van der Waals surface area contributed by atoms with Crippen LogP contribution in [0.15, 0.2) is 0 Å². The average Bonchev–Trinajstić information content (AvgIpc) is 2.82. The second kappa shape index (κ2) is 6.55. The van der Waals surface area contributed by atoms with Crippen LogP contribution < -0.4 is 5.32 Å². The highest BCUT2D eigenvalue weighted by Crippen LogP contribution is 2.33. The van der Waals surface area contributed by atoms with Crippen molar-refractivity contribution >= 4 is 5.91 Å². The minimum absolute atomic E-state index is 0.312. The van der Waals surface area contributed by atoms with E-state index in [2.05, 4.69) is 24.1 Å². The second-order valence-corrected chi connectivity index (χ2v) is 6.03. The molecule has 1 N–H and O–H groups in total. The van der Waals surface area contributed by atoms with Crippen LogP contribution in [0.4, 0.5) is 0 Å². The summed E-state index contributed by atoms with van der Waals surface area (Å²) in [4.78, 5) is 15.0. The summed E-state index contributed by atoms with van der Waals surface area (Å²) >= 11 is 0. The van der Waals surface area contributed by atoms with Crippen LogP contribution in [0, 0.1) is 11.8 Å². The predicted octanol–water partition coefficient (Wildman–Crippen LogP) is 2.41. The van der Waals surface area contributed by atoms with E-state index in [0.29, 0.717) is 23.8 Å². The summed E-state index contributed by atoms with van der Waals surface area (Å²) in [7, 11) is 0. The molecule has 1 amide bonds. The lowest BCUT2D eigenvalue weighted by Crippen LogP contribution is -2.48. The van der Waals surface area contributed by atoms with Gasteiger partial charge in [0.25, 0.3) is 0 Å². The van der Waals surface area contributed by atoms with Gasteiger partial charge in [0.05, 0.1) is 0 Å². The molecule has 1 saturated carbocycles. The SMILES string of the molecule is CCCN(C(=O)C1CCCC1C)C1CCNCC1. The zero-order valence-corrected chi connectivity index (χ0v) is 12.0. The Balaban J connectivity index is 2.01. The van der Waals surface area contributed by atoms with Crippen LogP contribution in [-0.2, 0) is 4.79 Å². The van der Waals surface area contributed by atoms with Gasteiger partial charge in [-0.25, -0.2) is 0 Å². The largest absolute Gasteiger partial charge is 0.339 e. The van der Waals surface area contributed by atoms with Crippen LogP contribution in [0.3, 0.4) is 0 Å². The molecule has 1 saturated heterocycles. The lowest BCUT2D eigenvalue weighted by atomic mass is 9.94. The van der Waals surface area contributed by atoms with Crippen LogP contribution in [0.25, 0.3) is 0 Å². The Morgan fingerprint density at radius 2 is 1.94 bits per heavy atom. The Kier molecular flexibility index (Phi) is 5.04. The van der Waals surface area contributed by atoms with Gasteiger partial charge in [-0.15, -0.1) is 0 Å². The molecule has 104 valence electrons. The molecule has 1 aliphatic carbocycles. The quantitative estimate of drug-likeness (QED) is 0.833. The molecule has 0 aromatic carbocycles. The summed E-state index contributed by atoms with van der Waals surface area (Å²) in [5, 5.41) is 3.39. The molecule has 0 spiro atoms. The first-order valence-electron chi connectivity index (χ1n) is 7.75. The molecule has 1 heterocycles. The Bertz CT molecular complexity index is 274. The Hall–Kier alpha value is -0.570. The summed E-state index contributed by atoms with van der Waals surface area (Å²) in [6, 6.07) is 0.492. The number of piperidine rings is 1. The molecule has 2 rings (SSSR count). The van der Waals surface area contributed by atoms with E-state index in [1.807, 2.05) is 0 Å². The number of rotatable bonds is 4. The number of hydrogen-bond donors (Lipinski definition) is 1. The molecule has 3 heteroatoms. The lowest BCUT2D eigenvalue weighted by molar-refractivity contribution is -0.139. The molecule has 0 bridgehead atoms. The molecule has 0 radical (unpaired) electrons. The van der Waals surface area contributed by atoms with Crippen molar-refractivity contribution in [2.75, 3.05) is 19.6 Å². The van der Waals surface area contributed by atoms with E-state index in [1.165, 1.54) is 12.8 Å². The van der Waals surface area contributed by atoms with Crippen molar-refractivity contribution in [2.45, 2.75) is 58.4 Å². The van der Waals surface area contributed by atoms with Crippen LogP contribution in [-0.4, -0.2) is 36.5 Å². The first kappa shape index (κ1) is 13.9. The van der Waals surface area contributed by atoms with Gasteiger partial charge in [0.1, 0.15) is 0 Å². The molecule has 0 aromatic heterocycles. The molecular weight excluding hydrogens is 224 g/mol. The maximum Gasteiger partial charge on any atom is 0.226 e. The van der Waals surface area contributed by atoms with Crippen molar-refractivity contribution in [3.05, 3.63) is 0 Å². The molecular formula is C15H28N2O. The van der Waals surface area contributed by atoms with Crippen molar-refractivity contribution in [3.63, 3.8) is 0 Å². The third-order valence-corrected chi connectivity index (χ3v) is 4.68. The average molecular weight is 252 g/mol. The molecule has 2 fully saturated rings.